The lowest BCUT2D eigenvalue weighted by Gasteiger charge is -2.22. The topological polar surface area (TPSA) is 52.6 Å². The zero-order valence-electron chi connectivity index (χ0n) is 12.3. The predicted octanol–water partition coefficient (Wildman–Crippen LogP) is 1.55. The molecule has 2 N–H and O–H groups in total. The Morgan fingerprint density at radius 1 is 1.50 bits per heavy atom. The van der Waals surface area contributed by atoms with Crippen LogP contribution in [0.3, 0.4) is 0 Å². The standard InChI is InChI=1S/C15H22N2O2S/c1-11-4-5-12(13(8-11)17(2)3)9-16-14(18)15(19)6-7-20-10-15/h4-5,8,19H,6-7,9-10H2,1-3H3,(H,16,18). The van der Waals surface area contributed by atoms with Crippen molar-refractivity contribution in [2.75, 3.05) is 30.5 Å². The quantitative estimate of drug-likeness (QED) is 0.884. The molecule has 4 nitrogen and oxygen atoms in total. The number of hydrogen-bond acceptors (Lipinski definition) is 4. The lowest BCUT2D eigenvalue weighted by atomic mass is 10.0. The summed E-state index contributed by atoms with van der Waals surface area (Å²) in [5.74, 6) is 1.08. The van der Waals surface area contributed by atoms with Crippen molar-refractivity contribution in [3.63, 3.8) is 0 Å². The Morgan fingerprint density at radius 2 is 2.25 bits per heavy atom. The molecule has 0 aliphatic carbocycles. The summed E-state index contributed by atoms with van der Waals surface area (Å²) >= 11 is 1.62. The average molecular weight is 294 g/mol. The maximum atomic E-state index is 12.1. The first-order valence-corrected chi connectivity index (χ1v) is 7.93. The number of hydrogen-bond donors (Lipinski definition) is 2. The smallest absolute Gasteiger partial charge is 0.253 e. The molecule has 1 fully saturated rings. The summed E-state index contributed by atoms with van der Waals surface area (Å²) in [6.07, 6.45) is 0.540. The molecule has 110 valence electrons. The highest BCUT2D eigenvalue weighted by atomic mass is 32.2. The largest absolute Gasteiger partial charge is 0.379 e. The molecule has 1 atom stereocenters. The van der Waals surface area contributed by atoms with Gasteiger partial charge in [0.2, 0.25) is 0 Å². The number of carbonyl (C=O) groups excluding carboxylic acids is 1. The third kappa shape index (κ3) is 3.27. The Bertz CT molecular complexity index is 497. The van der Waals surface area contributed by atoms with Crippen molar-refractivity contribution in [2.45, 2.75) is 25.5 Å². The van der Waals surface area contributed by atoms with Crippen LogP contribution in [-0.2, 0) is 11.3 Å². The van der Waals surface area contributed by atoms with E-state index in [1.807, 2.05) is 38.1 Å². The fourth-order valence-corrected chi connectivity index (χ4v) is 3.55. The van der Waals surface area contributed by atoms with Crippen LogP contribution in [0.4, 0.5) is 5.69 Å². The summed E-state index contributed by atoms with van der Waals surface area (Å²) in [5, 5.41) is 13.1. The molecule has 0 aromatic heterocycles. The number of aliphatic hydroxyl groups is 1. The maximum absolute atomic E-state index is 12.1. The Morgan fingerprint density at radius 3 is 2.85 bits per heavy atom. The molecule has 1 aromatic rings. The van der Waals surface area contributed by atoms with E-state index in [0.29, 0.717) is 18.7 Å². The molecular formula is C15H22N2O2S. The first-order chi connectivity index (χ1) is 9.42. The lowest BCUT2D eigenvalue weighted by Crippen LogP contribution is -2.46. The summed E-state index contributed by atoms with van der Waals surface area (Å²) in [5.41, 5.74) is 2.16. The van der Waals surface area contributed by atoms with Gasteiger partial charge in [0, 0.05) is 32.1 Å². The van der Waals surface area contributed by atoms with Gasteiger partial charge in [-0.05, 0) is 36.3 Å². The van der Waals surface area contributed by atoms with Crippen molar-refractivity contribution in [1.82, 2.24) is 5.32 Å². The summed E-state index contributed by atoms with van der Waals surface area (Å²) < 4.78 is 0. The number of carbonyl (C=O) groups is 1. The average Bonchev–Trinajstić information content (AvgIpc) is 2.85. The van der Waals surface area contributed by atoms with Gasteiger partial charge in [-0.25, -0.2) is 0 Å². The van der Waals surface area contributed by atoms with E-state index in [0.717, 1.165) is 17.0 Å². The highest BCUT2D eigenvalue weighted by molar-refractivity contribution is 7.99. The van der Waals surface area contributed by atoms with Crippen LogP contribution in [-0.4, -0.2) is 42.2 Å². The summed E-state index contributed by atoms with van der Waals surface area (Å²) in [7, 11) is 3.97. The summed E-state index contributed by atoms with van der Waals surface area (Å²) in [6, 6.07) is 6.16. The molecule has 2 rings (SSSR count). The fraction of sp³-hybridized carbons (Fsp3) is 0.533. The van der Waals surface area contributed by atoms with Gasteiger partial charge in [0.05, 0.1) is 0 Å². The van der Waals surface area contributed by atoms with Gasteiger partial charge >= 0.3 is 0 Å². The summed E-state index contributed by atoms with van der Waals surface area (Å²) in [6.45, 7) is 2.49. The first-order valence-electron chi connectivity index (χ1n) is 6.78. The maximum Gasteiger partial charge on any atom is 0.253 e. The molecule has 1 unspecified atom stereocenters. The second-order valence-corrected chi connectivity index (χ2v) is 6.65. The lowest BCUT2D eigenvalue weighted by molar-refractivity contribution is -0.137. The number of benzene rings is 1. The predicted molar refractivity (Wildman–Crippen MR) is 84.2 cm³/mol. The van der Waals surface area contributed by atoms with Gasteiger partial charge in [0.25, 0.3) is 5.91 Å². The van der Waals surface area contributed by atoms with Gasteiger partial charge in [-0.1, -0.05) is 12.1 Å². The van der Waals surface area contributed by atoms with Crippen molar-refractivity contribution >= 4 is 23.4 Å². The molecule has 0 saturated carbocycles. The van der Waals surface area contributed by atoms with Crippen molar-refractivity contribution in [3.8, 4) is 0 Å². The van der Waals surface area contributed by atoms with E-state index in [4.69, 9.17) is 0 Å². The highest BCUT2D eigenvalue weighted by Crippen LogP contribution is 2.28. The number of rotatable bonds is 4. The minimum atomic E-state index is -1.19. The van der Waals surface area contributed by atoms with E-state index in [-0.39, 0.29) is 5.91 Å². The van der Waals surface area contributed by atoms with Gasteiger partial charge in [0.1, 0.15) is 0 Å². The molecule has 20 heavy (non-hydrogen) atoms. The monoisotopic (exact) mass is 294 g/mol. The molecule has 1 aliphatic rings. The van der Waals surface area contributed by atoms with Gasteiger partial charge in [0.15, 0.2) is 5.60 Å². The molecule has 1 heterocycles. The second-order valence-electron chi connectivity index (χ2n) is 5.54. The van der Waals surface area contributed by atoms with E-state index in [2.05, 4.69) is 11.4 Å². The Hall–Kier alpha value is -1.20. The van der Waals surface area contributed by atoms with E-state index < -0.39 is 5.60 Å². The molecule has 0 bridgehead atoms. The van der Waals surface area contributed by atoms with Crippen LogP contribution in [0.25, 0.3) is 0 Å². The Kier molecular flexibility index (Phi) is 4.60. The third-order valence-electron chi connectivity index (χ3n) is 3.59. The zero-order valence-corrected chi connectivity index (χ0v) is 13.1. The third-order valence-corrected chi connectivity index (χ3v) is 4.76. The Balaban J connectivity index is 2.05. The summed E-state index contributed by atoms with van der Waals surface area (Å²) in [4.78, 5) is 14.1. The van der Waals surface area contributed by atoms with Crippen LogP contribution in [0.5, 0.6) is 0 Å². The van der Waals surface area contributed by atoms with Crippen molar-refractivity contribution in [1.29, 1.82) is 0 Å². The molecule has 5 heteroatoms. The van der Waals surface area contributed by atoms with E-state index in [1.54, 1.807) is 11.8 Å². The normalized spacial score (nSPS) is 21.8. The molecule has 1 saturated heterocycles. The SMILES string of the molecule is Cc1ccc(CNC(=O)C2(O)CCSC2)c(N(C)C)c1. The minimum Gasteiger partial charge on any atom is -0.379 e. The fourth-order valence-electron chi connectivity index (χ4n) is 2.31. The van der Waals surface area contributed by atoms with Crippen molar-refractivity contribution < 1.29 is 9.90 Å². The molecule has 1 amide bonds. The van der Waals surface area contributed by atoms with Crippen LogP contribution in [0.2, 0.25) is 0 Å². The second kappa shape index (κ2) is 6.06. The number of nitrogens with one attached hydrogen (secondary N) is 1. The van der Waals surface area contributed by atoms with Crippen molar-refractivity contribution in [3.05, 3.63) is 29.3 Å². The van der Waals surface area contributed by atoms with Crippen LogP contribution < -0.4 is 10.2 Å². The molecular weight excluding hydrogens is 272 g/mol. The zero-order chi connectivity index (χ0) is 14.8. The number of thioether (sulfide) groups is 1. The number of amides is 1. The van der Waals surface area contributed by atoms with Crippen LogP contribution >= 0.6 is 11.8 Å². The van der Waals surface area contributed by atoms with Gasteiger partial charge < -0.3 is 15.3 Å². The first kappa shape index (κ1) is 15.2. The van der Waals surface area contributed by atoms with Crippen LogP contribution in [0, 0.1) is 6.92 Å². The van der Waals surface area contributed by atoms with Crippen LogP contribution in [0.15, 0.2) is 18.2 Å². The molecule has 1 aromatic carbocycles. The number of anilines is 1. The molecule has 0 radical (unpaired) electrons. The van der Waals surface area contributed by atoms with Crippen molar-refractivity contribution in [2.24, 2.45) is 0 Å². The minimum absolute atomic E-state index is 0.257. The van der Waals surface area contributed by atoms with E-state index in [1.165, 1.54) is 5.56 Å². The number of aryl methyl sites for hydroxylation is 1. The van der Waals surface area contributed by atoms with Gasteiger partial charge in [-0.3, -0.25) is 4.79 Å². The molecule has 1 aliphatic heterocycles. The highest BCUT2D eigenvalue weighted by Gasteiger charge is 2.39. The van der Waals surface area contributed by atoms with E-state index >= 15 is 0 Å². The molecule has 0 spiro atoms. The Labute approximate surface area is 124 Å². The van der Waals surface area contributed by atoms with Gasteiger partial charge in [-0.2, -0.15) is 11.8 Å². The van der Waals surface area contributed by atoms with Crippen LogP contribution in [0.1, 0.15) is 17.5 Å². The van der Waals surface area contributed by atoms with E-state index in [9.17, 15) is 9.90 Å². The van der Waals surface area contributed by atoms with Gasteiger partial charge in [-0.15, -0.1) is 0 Å². The number of nitrogens with zero attached hydrogens (tertiary/aromatic N) is 1.